The van der Waals surface area contributed by atoms with Crippen LogP contribution in [0.2, 0.25) is 0 Å². The maximum Gasteiger partial charge on any atom is 0.251 e. The average Bonchev–Trinajstić information content (AvgIpc) is 2.56. The summed E-state index contributed by atoms with van der Waals surface area (Å²) in [6.07, 6.45) is 2.44. The lowest BCUT2D eigenvalue weighted by atomic mass is 9.97. The third kappa shape index (κ3) is 4.02. The van der Waals surface area contributed by atoms with E-state index in [0.29, 0.717) is 18.5 Å². The van der Waals surface area contributed by atoms with E-state index in [1.54, 1.807) is 18.2 Å². The van der Waals surface area contributed by atoms with Gasteiger partial charge in [-0.2, -0.15) is 0 Å². The zero-order valence-corrected chi connectivity index (χ0v) is 13.6. The molecule has 0 saturated carbocycles. The summed E-state index contributed by atoms with van der Waals surface area (Å²) in [5.41, 5.74) is 3.47. The van der Waals surface area contributed by atoms with Gasteiger partial charge < -0.3 is 10.6 Å². The maximum absolute atomic E-state index is 13.5. The molecule has 0 atom stereocenters. The predicted molar refractivity (Wildman–Crippen MR) is 92.9 cm³/mol. The standard InChI is InChI=1S/C18H19FN2O.ClH/c19-16-8-2-1-5-13(16)10-12-21-18(22)15-6-3-9-17-14(15)7-4-11-20-17;/h1-3,5-6,8-9,20H,4,7,10-12H2,(H,21,22);1H. The summed E-state index contributed by atoms with van der Waals surface area (Å²) in [5, 5.41) is 6.21. The number of fused-ring (bicyclic) bond motifs is 1. The molecule has 2 N–H and O–H groups in total. The van der Waals surface area contributed by atoms with E-state index < -0.39 is 0 Å². The Morgan fingerprint density at radius 2 is 2.00 bits per heavy atom. The van der Waals surface area contributed by atoms with Gasteiger partial charge in [0.15, 0.2) is 0 Å². The summed E-state index contributed by atoms with van der Waals surface area (Å²) in [6, 6.07) is 12.4. The quantitative estimate of drug-likeness (QED) is 0.897. The maximum atomic E-state index is 13.5. The molecule has 0 radical (unpaired) electrons. The first-order valence-corrected chi connectivity index (χ1v) is 7.63. The zero-order valence-electron chi connectivity index (χ0n) is 12.8. The summed E-state index contributed by atoms with van der Waals surface area (Å²) >= 11 is 0. The molecule has 3 nitrogen and oxygen atoms in total. The summed E-state index contributed by atoms with van der Waals surface area (Å²) in [7, 11) is 0. The molecule has 3 rings (SSSR count). The van der Waals surface area contributed by atoms with Crippen molar-refractivity contribution in [2.24, 2.45) is 0 Å². The van der Waals surface area contributed by atoms with Crippen LogP contribution in [0.1, 0.15) is 27.9 Å². The van der Waals surface area contributed by atoms with Crippen LogP contribution in [0, 0.1) is 5.82 Å². The smallest absolute Gasteiger partial charge is 0.251 e. The minimum absolute atomic E-state index is 0. The molecule has 1 heterocycles. The summed E-state index contributed by atoms with van der Waals surface area (Å²) < 4.78 is 13.5. The van der Waals surface area contributed by atoms with E-state index in [1.165, 1.54) is 6.07 Å². The largest absolute Gasteiger partial charge is 0.385 e. The molecule has 0 fully saturated rings. The van der Waals surface area contributed by atoms with E-state index in [9.17, 15) is 9.18 Å². The Labute approximate surface area is 141 Å². The minimum Gasteiger partial charge on any atom is -0.385 e. The topological polar surface area (TPSA) is 41.1 Å². The van der Waals surface area contributed by atoms with Crippen molar-refractivity contribution in [2.45, 2.75) is 19.3 Å². The molecule has 1 aliphatic heterocycles. The summed E-state index contributed by atoms with van der Waals surface area (Å²) in [6.45, 7) is 1.38. The number of rotatable bonds is 4. The number of carbonyl (C=O) groups is 1. The number of amides is 1. The van der Waals surface area contributed by atoms with Gasteiger partial charge >= 0.3 is 0 Å². The van der Waals surface area contributed by atoms with E-state index >= 15 is 0 Å². The van der Waals surface area contributed by atoms with Crippen LogP contribution in [-0.2, 0) is 12.8 Å². The lowest BCUT2D eigenvalue weighted by molar-refractivity contribution is 0.0953. The summed E-state index contributed by atoms with van der Waals surface area (Å²) in [5.74, 6) is -0.310. The van der Waals surface area contributed by atoms with E-state index in [1.807, 2.05) is 18.2 Å². The molecule has 0 saturated heterocycles. The highest BCUT2D eigenvalue weighted by Crippen LogP contribution is 2.25. The Kier molecular flexibility index (Phi) is 5.99. The normalized spacial score (nSPS) is 12.6. The molecule has 0 unspecified atom stereocenters. The second kappa shape index (κ2) is 7.97. The Morgan fingerprint density at radius 1 is 1.17 bits per heavy atom. The highest BCUT2D eigenvalue weighted by Gasteiger charge is 2.16. The number of anilines is 1. The highest BCUT2D eigenvalue weighted by atomic mass is 35.5. The second-order valence-corrected chi connectivity index (χ2v) is 5.46. The molecule has 2 aromatic carbocycles. The Morgan fingerprint density at radius 3 is 2.83 bits per heavy atom. The van der Waals surface area contributed by atoms with Gasteiger partial charge in [0.05, 0.1) is 0 Å². The molecule has 122 valence electrons. The number of nitrogens with one attached hydrogen (secondary N) is 2. The number of hydrogen-bond acceptors (Lipinski definition) is 2. The fraction of sp³-hybridized carbons (Fsp3) is 0.278. The van der Waals surface area contributed by atoms with Gasteiger partial charge in [-0.25, -0.2) is 4.39 Å². The number of halogens is 2. The molecule has 0 bridgehead atoms. The third-order valence-corrected chi connectivity index (χ3v) is 3.98. The van der Waals surface area contributed by atoms with E-state index in [2.05, 4.69) is 10.6 Å². The number of hydrogen-bond donors (Lipinski definition) is 2. The van der Waals surface area contributed by atoms with Gasteiger partial charge in [0.25, 0.3) is 5.91 Å². The van der Waals surface area contributed by atoms with Crippen LogP contribution >= 0.6 is 12.4 Å². The molecule has 0 aromatic heterocycles. The van der Waals surface area contributed by atoms with Crippen LogP contribution < -0.4 is 10.6 Å². The van der Waals surface area contributed by atoms with Crippen LogP contribution in [-0.4, -0.2) is 19.0 Å². The van der Waals surface area contributed by atoms with E-state index in [4.69, 9.17) is 0 Å². The monoisotopic (exact) mass is 334 g/mol. The van der Waals surface area contributed by atoms with Gasteiger partial charge in [0.1, 0.15) is 5.82 Å². The van der Waals surface area contributed by atoms with Crippen molar-refractivity contribution in [3.05, 3.63) is 65.0 Å². The Bertz CT molecular complexity index is 690. The van der Waals surface area contributed by atoms with Crippen molar-refractivity contribution in [2.75, 3.05) is 18.4 Å². The molecule has 23 heavy (non-hydrogen) atoms. The SMILES string of the molecule is Cl.O=C(NCCc1ccccc1F)c1cccc2c1CCCN2. The summed E-state index contributed by atoms with van der Waals surface area (Å²) in [4.78, 5) is 12.4. The lowest BCUT2D eigenvalue weighted by Crippen LogP contribution is -2.28. The molecule has 1 amide bonds. The van der Waals surface area contributed by atoms with Crippen LogP contribution in [0.4, 0.5) is 10.1 Å². The third-order valence-electron chi connectivity index (χ3n) is 3.98. The van der Waals surface area contributed by atoms with E-state index in [-0.39, 0.29) is 24.1 Å². The van der Waals surface area contributed by atoms with Crippen LogP contribution in [0.3, 0.4) is 0 Å². The first-order chi connectivity index (χ1) is 10.8. The molecule has 1 aliphatic rings. The van der Waals surface area contributed by atoms with Gasteiger partial charge in [-0.3, -0.25) is 4.79 Å². The molecular formula is C18H20ClFN2O. The van der Waals surface area contributed by atoms with Gasteiger partial charge in [0.2, 0.25) is 0 Å². The molecule has 0 aliphatic carbocycles. The second-order valence-electron chi connectivity index (χ2n) is 5.46. The van der Waals surface area contributed by atoms with Crippen LogP contribution in [0.25, 0.3) is 0 Å². The van der Waals surface area contributed by atoms with Crippen LogP contribution in [0.15, 0.2) is 42.5 Å². The van der Waals surface area contributed by atoms with Crippen molar-refractivity contribution in [1.29, 1.82) is 0 Å². The van der Waals surface area contributed by atoms with Gasteiger partial charge in [-0.15, -0.1) is 12.4 Å². The lowest BCUT2D eigenvalue weighted by Gasteiger charge is -2.20. The molecule has 0 spiro atoms. The van der Waals surface area contributed by atoms with Gasteiger partial charge in [-0.1, -0.05) is 24.3 Å². The van der Waals surface area contributed by atoms with Crippen molar-refractivity contribution in [3.8, 4) is 0 Å². The first kappa shape index (κ1) is 17.3. The van der Waals surface area contributed by atoms with Crippen molar-refractivity contribution >= 4 is 24.0 Å². The van der Waals surface area contributed by atoms with Crippen LogP contribution in [0.5, 0.6) is 0 Å². The Balaban J connectivity index is 0.00000192. The van der Waals surface area contributed by atoms with Crippen molar-refractivity contribution in [3.63, 3.8) is 0 Å². The predicted octanol–water partition coefficient (Wildman–Crippen LogP) is 3.58. The highest BCUT2D eigenvalue weighted by molar-refractivity contribution is 5.97. The zero-order chi connectivity index (χ0) is 15.4. The Hall–Kier alpha value is -2.07. The fourth-order valence-electron chi connectivity index (χ4n) is 2.83. The van der Waals surface area contributed by atoms with Gasteiger partial charge in [-0.05, 0) is 48.6 Å². The molecule has 5 heteroatoms. The molecule has 2 aromatic rings. The first-order valence-electron chi connectivity index (χ1n) is 7.63. The van der Waals surface area contributed by atoms with Crippen molar-refractivity contribution < 1.29 is 9.18 Å². The minimum atomic E-state index is -0.224. The van der Waals surface area contributed by atoms with Crippen molar-refractivity contribution in [1.82, 2.24) is 5.32 Å². The van der Waals surface area contributed by atoms with Gasteiger partial charge in [0, 0.05) is 24.3 Å². The van der Waals surface area contributed by atoms with E-state index in [0.717, 1.165) is 36.2 Å². The number of carbonyl (C=O) groups excluding carboxylic acids is 1. The molecular weight excluding hydrogens is 315 g/mol. The number of benzene rings is 2. The average molecular weight is 335 g/mol. The fourth-order valence-corrected chi connectivity index (χ4v) is 2.83.